The number of hydrogen-bond acceptors (Lipinski definition) is 3. The van der Waals surface area contributed by atoms with Gasteiger partial charge >= 0.3 is 0 Å². The first-order valence-corrected chi connectivity index (χ1v) is 7.95. The normalized spacial score (nSPS) is 14.6. The molecule has 0 aliphatic heterocycles. The van der Waals surface area contributed by atoms with Gasteiger partial charge in [0.1, 0.15) is 0 Å². The predicted molar refractivity (Wildman–Crippen MR) is 76.6 cm³/mol. The summed E-state index contributed by atoms with van der Waals surface area (Å²) < 4.78 is 23.1. The SMILES string of the molecule is CNC(c1cccc(C)c1C)C(C)(C)S(C)(=O)=O. The van der Waals surface area contributed by atoms with Crippen molar-refractivity contribution in [2.24, 2.45) is 0 Å². The van der Waals surface area contributed by atoms with Gasteiger partial charge in [-0.15, -0.1) is 0 Å². The van der Waals surface area contributed by atoms with E-state index in [1.165, 1.54) is 11.8 Å². The van der Waals surface area contributed by atoms with Crippen LogP contribution in [0.4, 0.5) is 0 Å². The number of rotatable bonds is 4. The van der Waals surface area contributed by atoms with Crippen molar-refractivity contribution in [2.75, 3.05) is 13.3 Å². The van der Waals surface area contributed by atoms with Crippen LogP contribution in [0.2, 0.25) is 0 Å². The standard InChI is InChI=1S/C14H23NO2S/c1-10-8-7-9-12(11(10)2)13(15-5)14(3,4)18(6,16)17/h7-9,13,15H,1-6H3. The Morgan fingerprint density at radius 3 is 2.22 bits per heavy atom. The molecule has 0 spiro atoms. The third kappa shape index (κ3) is 2.59. The van der Waals surface area contributed by atoms with Gasteiger partial charge in [0.25, 0.3) is 0 Å². The first kappa shape index (κ1) is 15.2. The molecule has 3 nitrogen and oxygen atoms in total. The van der Waals surface area contributed by atoms with Crippen molar-refractivity contribution in [2.45, 2.75) is 38.5 Å². The van der Waals surface area contributed by atoms with Gasteiger partial charge in [0.05, 0.1) is 10.8 Å². The summed E-state index contributed by atoms with van der Waals surface area (Å²) in [6.07, 6.45) is 1.29. The van der Waals surface area contributed by atoms with Crippen molar-refractivity contribution in [1.82, 2.24) is 5.32 Å². The van der Waals surface area contributed by atoms with Crippen LogP contribution < -0.4 is 5.32 Å². The Morgan fingerprint density at radius 1 is 1.22 bits per heavy atom. The third-order valence-electron chi connectivity index (χ3n) is 3.90. The lowest BCUT2D eigenvalue weighted by molar-refractivity contribution is 0.444. The first-order chi connectivity index (χ1) is 8.13. The summed E-state index contributed by atoms with van der Waals surface area (Å²) in [5, 5.41) is 3.15. The average Bonchev–Trinajstić information content (AvgIpc) is 2.23. The van der Waals surface area contributed by atoms with Gasteiger partial charge in [0.2, 0.25) is 0 Å². The summed E-state index contributed by atoms with van der Waals surface area (Å²) in [6.45, 7) is 7.61. The molecule has 0 saturated carbocycles. The molecule has 1 atom stereocenters. The molecule has 0 amide bonds. The maximum atomic E-state index is 12.0. The smallest absolute Gasteiger partial charge is 0.154 e. The van der Waals surface area contributed by atoms with Crippen molar-refractivity contribution in [1.29, 1.82) is 0 Å². The summed E-state index contributed by atoms with van der Waals surface area (Å²) in [6, 6.07) is 5.79. The Hall–Kier alpha value is -0.870. The topological polar surface area (TPSA) is 46.2 Å². The molecule has 0 aliphatic rings. The Labute approximate surface area is 111 Å². The molecular formula is C14H23NO2S. The van der Waals surface area contributed by atoms with Crippen molar-refractivity contribution >= 4 is 9.84 Å². The summed E-state index contributed by atoms with van der Waals surface area (Å²) >= 11 is 0. The second-order valence-corrected chi connectivity index (χ2v) is 7.98. The van der Waals surface area contributed by atoms with Gasteiger partial charge in [-0.3, -0.25) is 0 Å². The fraction of sp³-hybridized carbons (Fsp3) is 0.571. The molecule has 0 radical (unpaired) electrons. The van der Waals surface area contributed by atoms with E-state index in [4.69, 9.17) is 0 Å². The lowest BCUT2D eigenvalue weighted by Crippen LogP contribution is -2.44. The zero-order valence-electron chi connectivity index (χ0n) is 12.0. The van der Waals surface area contributed by atoms with E-state index in [2.05, 4.69) is 5.32 Å². The molecule has 1 aromatic carbocycles. The molecule has 0 aromatic heterocycles. The molecule has 1 unspecified atom stereocenters. The Bertz CT molecular complexity index is 533. The van der Waals surface area contributed by atoms with Gasteiger partial charge < -0.3 is 5.32 Å². The average molecular weight is 269 g/mol. The highest BCUT2D eigenvalue weighted by atomic mass is 32.2. The molecule has 4 heteroatoms. The molecule has 0 aliphatic carbocycles. The molecule has 18 heavy (non-hydrogen) atoms. The Balaban J connectivity index is 3.40. The van der Waals surface area contributed by atoms with Crippen LogP contribution in [0.25, 0.3) is 0 Å². The van der Waals surface area contributed by atoms with Crippen LogP contribution in [0.1, 0.15) is 36.6 Å². The van der Waals surface area contributed by atoms with E-state index in [-0.39, 0.29) is 6.04 Å². The van der Waals surface area contributed by atoms with Gasteiger partial charge in [0.15, 0.2) is 9.84 Å². The molecule has 0 bridgehead atoms. The van der Waals surface area contributed by atoms with E-state index in [0.717, 1.165) is 11.1 Å². The molecule has 1 rings (SSSR count). The highest BCUT2D eigenvalue weighted by molar-refractivity contribution is 7.92. The largest absolute Gasteiger partial charge is 0.312 e. The molecule has 0 saturated heterocycles. The monoisotopic (exact) mass is 269 g/mol. The number of hydrogen-bond donors (Lipinski definition) is 1. The number of aryl methyl sites for hydroxylation is 1. The predicted octanol–water partition coefficient (Wildman–Crippen LogP) is 2.39. The fourth-order valence-electron chi connectivity index (χ4n) is 2.18. The van der Waals surface area contributed by atoms with Crippen molar-refractivity contribution < 1.29 is 8.42 Å². The molecule has 102 valence electrons. The van der Waals surface area contributed by atoms with Crippen LogP contribution in [0.15, 0.2) is 18.2 Å². The number of nitrogens with one attached hydrogen (secondary N) is 1. The number of sulfone groups is 1. The highest BCUT2D eigenvalue weighted by Crippen LogP contribution is 2.34. The van der Waals surface area contributed by atoms with Crippen molar-refractivity contribution in [3.63, 3.8) is 0 Å². The fourth-order valence-corrected chi connectivity index (χ4v) is 2.85. The van der Waals surface area contributed by atoms with Crippen LogP contribution in [-0.4, -0.2) is 26.5 Å². The molecular weight excluding hydrogens is 246 g/mol. The van der Waals surface area contributed by atoms with Gasteiger partial charge in [-0.25, -0.2) is 8.42 Å². The van der Waals surface area contributed by atoms with E-state index in [1.807, 2.05) is 32.0 Å². The Kier molecular flexibility index (Phi) is 4.23. The second-order valence-electron chi connectivity index (χ2n) is 5.39. The van der Waals surface area contributed by atoms with Crippen molar-refractivity contribution in [3.05, 3.63) is 34.9 Å². The van der Waals surface area contributed by atoms with E-state index < -0.39 is 14.6 Å². The van der Waals surface area contributed by atoms with Crippen molar-refractivity contribution in [3.8, 4) is 0 Å². The quantitative estimate of drug-likeness (QED) is 0.913. The van der Waals surface area contributed by atoms with Crippen LogP contribution in [0.3, 0.4) is 0 Å². The van der Waals surface area contributed by atoms with E-state index >= 15 is 0 Å². The van der Waals surface area contributed by atoms with E-state index in [0.29, 0.717) is 0 Å². The molecule has 1 aromatic rings. The first-order valence-electron chi connectivity index (χ1n) is 6.06. The van der Waals surface area contributed by atoms with Crippen LogP contribution >= 0.6 is 0 Å². The second kappa shape index (κ2) is 5.02. The van der Waals surface area contributed by atoms with Gasteiger partial charge in [-0.05, 0) is 51.4 Å². The lowest BCUT2D eigenvalue weighted by Gasteiger charge is -2.34. The molecule has 0 fully saturated rings. The van der Waals surface area contributed by atoms with Gasteiger partial charge in [0, 0.05) is 6.26 Å². The zero-order chi connectivity index (χ0) is 14.1. The number of benzene rings is 1. The van der Waals surface area contributed by atoms with E-state index in [9.17, 15) is 8.42 Å². The minimum atomic E-state index is -3.15. The van der Waals surface area contributed by atoms with Crippen LogP contribution in [0, 0.1) is 13.8 Å². The summed E-state index contributed by atoms with van der Waals surface area (Å²) in [7, 11) is -1.35. The molecule has 1 N–H and O–H groups in total. The van der Waals surface area contributed by atoms with Gasteiger partial charge in [-0.1, -0.05) is 18.2 Å². The minimum Gasteiger partial charge on any atom is -0.312 e. The Morgan fingerprint density at radius 2 is 1.78 bits per heavy atom. The third-order valence-corrected chi connectivity index (χ3v) is 6.04. The zero-order valence-corrected chi connectivity index (χ0v) is 12.9. The maximum absolute atomic E-state index is 12.0. The van der Waals surface area contributed by atoms with E-state index in [1.54, 1.807) is 20.9 Å². The highest BCUT2D eigenvalue weighted by Gasteiger charge is 2.39. The maximum Gasteiger partial charge on any atom is 0.154 e. The minimum absolute atomic E-state index is 0.215. The van der Waals surface area contributed by atoms with Crippen LogP contribution in [0.5, 0.6) is 0 Å². The molecule has 0 heterocycles. The van der Waals surface area contributed by atoms with Gasteiger partial charge in [-0.2, -0.15) is 0 Å². The van der Waals surface area contributed by atoms with Crippen LogP contribution in [-0.2, 0) is 9.84 Å². The summed E-state index contributed by atoms with van der Waals surface area (Å²) in [5.41, 5.74) is 3.37. The summed E-state index contributed by atoms with van der Waals surface area (Å²) in [4.78, 5) is 0. The summed E-state index contributed by atoms with van der Waals surface area (Å²) in [5.74, 6) is 0. The lowest BCUT2D eigenvalue weighted by atomic mass is 9.90.